The normalized spacial score (nSPS) is 18.9. The van der Waals surface area contributed by atoms with Crippen molar-refractivity contribution in [2.45, 2.75) is 18.5 Å². The Morgan fingerprint density at radius 1 is 1.25 bits per heavy atom. The van der Waals surface area contributed by atoms with Crippen molar-refractivity contribution in [1.82, 2.24) is 0 Å². The maximum absolute atomic E-state index is 11.6. The lowest BCUT2D eigenvalue weighted by molar-refractivity contribution is -0.381. The summed E-state index contributed by atoms with van der Waals surface area (Å²) in [5.74, 6) is -3.30. The van der Waals surface area contributed by atoms with Crippen LogP contribution in [0.4, 0.5) is 13.2 Å². The van der Waals surface area contributed by atoms with Crippen LogP contribution in [-0.4, -0.2) is 24.0 Å². The molecule has 5 N–H and O–H groups in total. The molecule has 2 rings (SSSR count). The second kappa shape index (κ2) is 7.71. The molecule has 0 bridgehead atoms. The van der Waals surface area contributed by atoms with Gasteiger partial charge in [-0.25, -0.2) is 4.99 Å². The summed E-state index contributed by atoms with van der Waals surface area (Å²) in [7, 11) is 0. The van der Waals surface area contributed by atoms with E-state index in [0.717, 1.165) is 12.0 Å². The molecule has 1 fully saturated rings. The number of benzene rings is 1. The number of nitrogens with two attached hydrogens (primary N) is 2. The molecule has 11 heteroatoms. The van der Waals surface area contributed by atoms with Crippen molar-refractivity contribution >= 4 is 41.0 Å². The van der Waals surface area contributed by atoms with Crippen molar-refractivity contribution in [2.24, 2.45) is 17.4 Å². The summed E-state index contributed by atoms with van der Waals surface area (Å²) in [6, 6.07) is 5.24. The number of aliphatic carboxylic acids is 1. The number of rotatable bonds is 2. The number of carbonyl (C=O) groups is 2. The van der Waals surface area contributed by atoms with Gasteiger partial charge in [-0.15, -0.1) is 0 Å². The summed E-state index contributed by atoms with van der Waals surface area (Å²) in [5, 5.41) is 10.0. The van der Waals surface area contributed by atoms with Gasteiger partial charge in [0.05, 0.1) is 5.92 Å². The first-order chi connectivity index (χ1) is 10.9. The van der Waals surface area contributed by atoms with E-state index in [1.807, 2.05) is 0 Å². The minimum Gasteiger partial charge on any atom is -0.542 e. The number of guanidine groups is 1. The van der Waals surface area contributed by atoms with Gasteiger partial charge in [-0.3, -0.25) is 16.3 Å². The number of carboxylic acids is 1. The molecule has 0 aromatic heterocycles. The number of hydrogen-bond acceptors (Lipinski definition) is 3. The van der Waals surface area contributed by atoms with E-state index < -0.39 is 12.1 Å². The third-order valence-electron chi connectivity index (χ3n) is 2.98. The monoisotopic (exact) mass is 385 g/mol. The van der Waals surface area contributed by atoms with Crippen LogP contribution in [0.2, 0.25) is 10.0 Å². The number of hydrogen-bond donors (Lipinski definition) is 3. The molecule has 1 aliphatic rings. The first kappa shape index (κ1) is 20.0. The van der Waals surface area contributed by atoms with Crippen LogP contribution < -0.4 is 21.6 Å². The fraction of sp³-hybridized carbons (Fsp3) is 0.308. The summed E-state index contributed by atoms with van der Waals surface area (Å²) < 4.78 is 31.5. The molecule has 132 valence electrons. The highest BCUT2D eigenvalue weighted by Gasteiger charge is 2.45. The standard InChI is InChI=1S/C11H11Cl2N3O.C2HF3O2/c12-5-1-2-9(13)7(3-5)6-4-8(6)10(17)16-11(14)15;3-2(4,5)1(6)7/h1-3,6,8H,4H2,(H4,14,15,16,17);(H,6,7)/t6-,8+;/m1./s1. The highest BCUT2D eigenvalue weighted by molar-refractivity contribution is 6.33. The Morgan fingerprint density at radius 3 is 2.25 bits per heavy atom. The molecular formula is C13H12Cl2F3N3O3. The highest BCUT2D eigenvalue weighted by atomic mass is 35.5. The number of alkyl halides is 3. The lowest BCUT2D eigenvalue weighted by Crippen LogP contribution is -2.82. The van der Waals surface area contributed by atoms with E-state index in [9.17, 15) is 18.0 Å². The van der Waals surface area contributed by atoms with Crippen molar-refractivity contribution in [3.63, 3.8) is 0 Å². The smallest absolute Gasteiger partial charge is 0.430 e. The predicted molar refractivity (Wildman–Crippen MR) is 77.7 cm³/mol. The minimum absolute atomic E-state index is 0.0853. The minimum atomic E-state index is -5.19. The van der Waals surface area contributed by atoms with Crippen LogP contribution in [-0.2, 0) is 9.59 Å². The van der Waals surface area contributed by atoms with Crippen LogP contribution in [0.15, 0.2) is 18.2 Å². The summed E-state index contributed by atoms with van der Waals surface area (Å²) >= 11 is 12.0. The lowest BCUT2D eigenvalue weighted by Gasteiger charge is -2.03. The third kappa shape index (κ3) is 5.89. The van der Waals surface area contributed by atoms with Crippen LogP contribution in [0.1, 0.15) is 17.9 Å². The number of nitrogens with one attached hydrogen (secondary N) is 1. The maximum Gasteiger partial charge on any atom is 0.430 e. The van der Waals surface area contributed by atoms with E-state index in [4.69, 9.17) is 44.6 Å². The third-order valence-corrected chi connectivity index (χ3v) is 3.56. The molecule has 1 amide bonds. The Labute approximate surface area is 144 Å². The first-order valence-electron chi connectivity index (χ1n) is 6.35. The Bertz CT molecular complexity index is 676. The Kier molecular flexibility index (Phi) is 6.44. The van der Waals surface area contributed by atoms with Crippen molar-refractivity contribution < 1.29 is 32.9 Å². The van der Waals surface area contributed by atoms with Gasteiger partial charge < -0.3 is 9.90 Å². The van der Waals surface area contributed by atoms with Gasteiger partial charge in [0.1, 0.15) is 5.97 Å². The van der Waals surface area contributed by atoms with Gasteiger partial charge in [-0.2, -0.15) is 13.2 Å². The molecule has 0 spiro atoms. The molecule has 0 unspecified atom stereocenters. The zero-order valence-corrected chi connectivity index (χ0v) is 13.4. The molecule has 1 aliphatic carbocycles. The summed E-state index contributed by atoms with van der Waals surface area (Å²) in [5.41, 5.74) is 11.3. The second-order valence-corrected chi connectivity index (χ2v) is 5.69. The second-order valence-electron chi connectivity index (χ2n) is 4.84. The predicted octanol–water partition coefficient (Wildman–Crippen LogP) is -0.724. The maximum atomic E-state index is 11.6. The molecule has 0 radical (unpaired) electrons. The Morgan fingerprint density at radius 2 is 1.79 bits per heavy atom. The van der Waals surface area contributed by atoms with Gasteiger partial charge >= 0.3 is 12.1 Å². The van der Waals surface area contributed by atoms with Crippen LogP contribution in [0.3, 0.4) is 0 Å². The van der Waals surface area contributed by atoms with Gasteiger partial charge in [0.25, 0.3) is 5.91 Å². The highest BCUT2D eigenvalue weighted by Crippen LogP contribution is 2.49. The largest absolute Gasteiger partial charge is 0.542 e. The summed E-state index contributed by atoms with van der Waals surface area (Å²) in [6.07, 6.45) is -4.46. The van der Waals surface area contributed by atoms with Gasteiger partial charge in [0.2, 0.25) is 0 Å². The number of carboxylic acid groups (broad SMARTS) is 1. The van der Waals surface area contributed by atoms with E-state index in [0.29, 0.717) is 10.0 Å². The van der Waals surface area contributed by atoms with Crippen molar-refractivity contribution in [2.75, 3.05) is 0 Å². The Balaban J connectivity index is 0.000000351. The number of amides is 1. The topological polar surface area (TPSA) is 123 Å². The molecule has 1 saturated carbocycles. The summed E-state index contributed by atoms with van der Waals surface area (Å²) in [6.45, 7) is 0. The fourth-order valence-corrected chi connectivity index (χ4v) is 2.30. The summed E-state index contributed by atoms with van der Waals surface area (Å²) in [4.78, 5) is 22.8. The van der Waals surface area contributed by atoms with Gasteiger partial charge in [0.15, 0.2) is 0 Å². The molecular weight excluding hydrogens is 374 g/mol. The fourth-order valence-electron chi connectivity index (χ4n) is 1.86. The van der Waals surface area contributed by atoms with E-state index in [1.54, 1.807) is 18.2 Å². The van der Waals surface area contributed by atoms with E-state index in [-0.39, 0.29) is 23.7 Å². The van der Waals surface area contributed by atoms with Crippen LogP contribution in [0.5, 0.6) is 0 Å². The Hall–Kier alpha value is -2.00. The zero-order valence-electron chi connectivity index (χ0n) is 11.9. The lowest BCUT2D eigenvalue weighted by atomic mass is 10.1. The average Bonchev–Trinajstić information content (AvgIpc) is 3.20. The van der Waals surface area contributed by atoms with Crippen LogP contribution >= 0.6 is 23.2 Å². The zero-order chi connectivity index (χ0) is 18.7. The number of halogens is 5. The first-order valence-corrected chi connectivity index (χ1v) is 7.11. The van der Waals surface area contributed by atoms with Gasteiger partial charge in [0, 0.05) is 10.0 Å². The van der Waals surface area contributed by atoms with Crippen molar-refractivity contribution in [3.05, 3.63) is 33.8 Å². The van der Waals surface area contributed by atoms with Crippen LogP contribution in [0.25, 0.3) is 0 Å². The van der Waals surface area contributed by atoms with Gasteiger partial charge in [-0.05, 0) is 36.1 Å². The van der Waals surface area contributed by atoms with E-state index in [1.165, 1.54) is 0 Å². The number of carbonyl (C=O) groups excluding carboxylic acids is 2. The molecule has 1 aromatic carbocycles. The van der Waals surface area contributed by atoms with Crippen LogP contribution in [0, 0.1) is 5.92 Å². The SMILES string of the molecule is NC(N)=[NH+]C(=O)[C@H]1C[C@@H]1c1cc(Cl)ccc1Cl.O=C([O-])C(F)(F)F. The molecule has 1 aromatic rings. The van der Waals surface area contributed by atoms with Crippen molar-refractivity contribution in [3.8, 4) is 0 Å². The molecule has 0 saturated heterocycles. The molecule has 6 nitrogen and oxygen atoms in total. The quantitative estimate of drug-likeness (QED) is 0.457. The molecule has 0 aliphatic heterocycles. The average molecular weight is 386 g/mol. The van der Waals surface area contributed by atoms with Gasteiger partial charge in [-0.1, -0.05) is 23.2 Å². The molecule has 2 atom stereocenters. The molecule has 24 heavy (non-hydrogen) atoms. The van der Waals surface area contributed by atoms with E-state index >= 15 is 0 Å². The molecule has 0 heterocycles. The van der Waals surface area contributed by atoms with E-state index in [2.05, 4.69) is 4.99 Å². The van der Waals surface area contributed by atoms with Crippen molar-refractivity contribution in [1.29, 1.82) is 0 Å².